The molecule has 0 bridgehead atoms. The number of hydrogen-bond donors (Lipinski definition) is 2. The lowest BCUT2D eigenvalue weighted by molar-refractivity contribution is 0.414. The molecule has 1 heterocycles. The standard InChI is InChI=1S/C22H24N4O4/c1-5-18(23-14-6-8-15(9-7-14)25(2)3)19-20(27)24-22(29)26(21(19)28)16-10-12-17(30-4)13-11-16/h6-13,28H,5H2,1-4H3,(H,24,27,29). The summed E-state index contributed by atoms with van der Waals surface area (Å²) in [4.78, 5) is 33.7. The third-order valence-corrected chi connectivity index (χ3v) is 4.67. The summed E-state index contributed by atoms with van der Waals surface area (Å²) in [6, 6.07) is 14.0. The van der Waals surface area contributed by atoms with Crippen molar-refractivity contribution in [2.24, 2.45) is 4.99 Å². The Balaban J connectivity index is 2.13. The zero-order chi connectivity index (χ0) is 21.8. The Morgan fingerprint density at radius 1 is 1.10 bits per heavy atom. The van der Waals surface area contributed by atoms with Crippen LogP contribution in [0.4, 0.5) is 11.4 Å². The second kappa shape index (κ2) is 8.69. The predicted molar refractivity (Wildman–Crippen MR) is 118 cm³/mol. The van der Waals surface area contributed by atoms with Crippen molar-refractivity contribution < 1.29 is 9.84 Å². The molecule has 2 N–H and O–H groups in total. The Labute approximate surface area is 173 Å². The number of anilines is 1. The summed E-state index contributed by atoms with van der Waals surface area (Å²) >= 11 is 0. The number of aliphatic imine (C=N–C) groups is 1. The first-order valence-electron chi connectivity index (χ1n) is 9.43. The highest BCUT2D eigenvalue weighted by Crippen LogP contribution is 2.23. The number of aromatic nitrogens is 2. The van der Waals surface area contributed by atoms with Crippen LogP contribution in [-0.4, -0.2) is 41.6 Å². The summed E-state index contributed by atoms with van der Waals surface area (Å²) in [6.45, 7) is 1.83. The van der Waals surface area contributed by atoms with Crippen LogP contribution in [0.3, 0.4) is 0 Å². The summed E-state index contributed by atoms with van der Waals surface area (Å²) in [6.07, 6.45) is 0.382. The van der Waals surface area contributed by atoms with Crippen LogP contribution in [0.5, 0.6) is 11.6 Å². The first-order valence-corrected chi connectivity index (χ1v) is 9.43. The van der Waals surface area contributed by atoms with E-state index < -0.39 is 17.1 Å². The molecule has 0 aliphatic carbocycles. The van der Waals surface area contributed by atoms with Crippen molar-refractivity contribution >= 4 is 17.1 Å². The van der Waals surface area contributed by atoms with Gasteiger partial charge in [-0.1, -0.05) is 6.92 Å². The second-order valence-electron chi connectivity index (χ2n) is 6.81. The fraction of sp³-hybridized carbons (Fsp3) is 0.227. The van der Waals surface area contributed by atoms with Gasteiger partial charge in [0.15, 0.2) is 0 Å². The number of ether oxygens (including phenoxy) is 1. The van der Waals surface area contributed by atoms with Crippen molar-refractivity contribution in [2.75, 3.05) is 26.1 Å². The van der Waals surface area contributed by atoms with E-state index in [1.54, 1.807) is 24.3 Å². The summed E-state index contributed by atoms with van der Waals surface area (Å²) in [5.74, 6) is 0.146. The van der Waals surface area contributed by atoms with E-state index in [4.69, 9.17) is 4.74 Å². The van der Waals surface area contributed by atoms with Gasteiger partial charge in [0.2, 0.25) is 5.88 Å². The lowest BCUT2D eigenvalue weighted by Gasteiger charge is -2.14. The van der Waals surface area contributed by atoms with Gasteiger partial charge in [-0.3, -0.25) is 14.8 Å². The van der Waals surface area contributed by atoms with E-state index in [9.17, 15) is 14.7 Å². The van der Waals surface area contributed by atoms with E-state index in [1.807, 2.05) is 50.2 Å². The zero-order valence-electron chi connectivity index (χ0n) is 17.3. The van der Waals surface area contributed by atoms with Gasteiger partial charge in [0.1, 0.15) is 11.3 Å². The van der Waals surface area contributed by atoms with Crippen LogP contribution in [0.1, 0.15) is 18.9 Å². The predicted octanol–water partition coefficient (Wildman–Crippen LogP) is 2.84. The van der Waals surface area contributed by atoms with Crippen LogP contribution < -0.4 is 20.9 Å². The molecule has 0 fully saturated rings. The maximum absolute atomic E-state index is 12.5. The van der Waals surface area contributed by atoms with Gasteiger partial charge in [0.25, 0.3) is 5.56 Å². The van der Waals surface area contributed by atoms with Gasteiger partial charge in [0, 0.05) is 19.8 Å². The summed E-state index contributed by atoms with van der Waals surface area (Å²) in [7, 11) is 5.41. The molecule has 1 aromatic heterocycles. The number of nitrogens with one attached hydrogen (secondary N) is 1. The highest BCUT2D eigenvalue weighted by molar-refractivity contribution is 6.03. The van der Waals surface area contributed by atoms with Crippen LogP contribution in [0.15, 0.2) is 63.1 Å². The van der Waals surface area contributed by atoms with E-state index in [0.717, 1.165) is 10.3 Å². The van der Waals surface area contributed by atoms with E-state index in [2.05, 4.69) is 9.98 Å². The highest BCUT2D eigenvalue weighted by atomic mass is 16.5. The number of aromatic amines is 1. The monoisotopic (exact) mass is 408 g/mol. The van der Waals surface area contributed by atoms with E-state index in [-0.39, 0.29) is 5.56 Å². The van der Waals surface area contributed by atoms with Crippen molar-refractivity contribution in [1.82, 2.24) is 9.55 Å². The Kier molecular flexibility index (Phi) is 6.06. The van der Waals surface area contributed by atoms with Crippen molar-refractivity contribution in [1.29, 1.82) is 0 Å². The van der Waals surface area contributed by atoms with Gasteiger partial charge in [-0.05, 0) is 55.0 Å². The fourth-order valence-corrected chi connectivity index (χ4v) is 3.05. The topological polar surface area (TPSA) is 99.9 Å². The van der Waals surface area contributed by atoms with Crippen LogP contribution in [0.25, 0.3) is 5.69 Å². The number of benzene rings is 2. The molecule has 0 saturated heterocycles. The molecule has 30 heavy (non-hydrogen) atoms. The first kappa shape index (κ1) is 20.9. The summed E-state index contributed by atoms with van der Waals surface area (Å²) < 4.78 is 6.16. The normalized spacial score (nSPS) is 11.4. The molecule has 2 aromatic carbocycles. The lowest BCUT2D eigenvalue weighted by atomic mass is 10.1. The number of hydrogen-bond acceptors (Lipinski definition) is 6. The average Bonchev–Trinajstić information content (AvgIpc) is 2.73. The van der Waals surface area contributed by atoms with Gasteiger partial charge >= 0.3 is 5.69 Å². The largest absolute Gasteiger partial charge is 0.497 e. The molecule has 0 unspecified atom stereocenters. The second-order valence-corrected chi connectivity index (χ2v) is 6.81. The minimum atomic E-state index is -0.739. The SMILES string of the molecule is CCC(=Nc1ccc(N(C)C)cc1)c1c(O)n(-c2ccc(OC)cc2)c(=O)[nH]c1=O. The molecular weight excluding hydrogens is 384 g/mol. The van der Waals surface area contributed by atoms with Gasteiger partial charge in [-0.25, -0.2) is 9.36 Å². The smallest absolute Gasteiger partial charge is 0.335 e. The van der Waals surface area contributed by atoms with Crippen LogP contribution in [-0.2, 0) is 0 Å². The number of H-pyrrole nitrogens is 1. The van der Waals surface area contributed by atoms with Crippen LogP contribution in [0, 0.1) is 0 Å². The van der Waals surface area contributed by atoms with Crippen molar-refractivity contribution in [2.45, 2.75) is 13.3 Å². The minimum Gasteiger partial charge on any atom is -0.497 e. The van der Waals surface area contributed by atoms with Gasteiger partial charge < -0.3 is 14.7 Å². The third kappa shape index (κ3) is 4.12. The molecule has 0 aliphatic heterocycles. The average molecular weight is 408 g/mol. The van der Waals surface area contributed by atoms with Gasteiger partial charge in [0.05, 0.1) is 24.2 Å². The fourth-order valence-electron chi connectivity index (χ4n) is 3.05. The maximum atomic E-state index is 12.5. The van der Waals surface area contributed by atoms with Gasteiger partial charge in [-0.15, -0.1) is 0 Å². The Hall–Kier alpha value is -3.81. The van der Waals surface area contributed by atoms with E-state index >= 15 is 0 Å². The summed E-state index contributed by atoms with van der Waals surface area (Å²) in [5.41, 5.74) is 0.948. The molecule has 0 atom stereocenters. The highest BCUT2D eigenvalue weighted by Gasteiger charge is 2.19. The molecular formula is C22H24N4O4. The molecule has 0 saturated carbocycles. The Morgan fingerprint density at radius 3 is 2.27 bits per heavy atom. The quantitative estimate of drug-likeness (QED) is 0.611. The maximum Gasteiger partial charge on any atom is 0.335 e. The zero-order valence-corrected chi connectivity index (χ0v) is 17.3. The number of rotatable bonds is 6. The first-order chi connectivity index (χ1) is 14.3. The molecule has 0 radical (unpaired) electrons. The number of aromatic hydroxyl groups is 1. The molecule has 3 aromatic rings. The van der Waals surface area contributed by atoms with Gasteiger partial charge in [-0.2, -0.15) is 0 Å². The molecule has 8 heteroatoms. The van der Waals surface area contributed by atoms with Crippen molar-refractivity contribution in [3.05, 3.63) is 74.9 Å². The van der Waals surface area contributed by atoms with Crippen LogP contribution >= 0.6 is 0 Å². The third-order valence-electron chi connectivity index (χ3n) is 4.67. The summed E-state index contributed by atoms with van der Waals surface area (Å²) in [5, 5.41) is 10.9. The molecule has 3 rings (SSSR count). The number of nitrogens with zero attached hydrogens (tertiary/aromatic N) is 3. The lowest BCUT2D eigenvalue weighted by Crippen LogP contribution is -2.33. The van der Waals surface area contributed by atoms with Crippen molar-refractivity contribution in [3.63, 3.8) is 0 Å². The number of methoxy groups -OCH3 is 1. The molecule has 0 amide bonds. The Morgan fingerprint density at radius 2 is 1.73 bits per heavy atom. The Bertz CT molecular complexity index is 1170. The van der Waals surface area contributed by atoms with E-state index in [0.29, 0.717) is 29.3 Å². The van der Waals surface area contributed by atoms with E-state index in [1.165, 1.54) is 7.11 Å². The molecule has 156 valence electrons. The molecule has 8 nitrogen and oxygen atoms in total. The van der Waals surface area contributed by atoms with Crippen LogP contribution in [0.2, 0.25) is 0 Å². The molecule has 0 spiro atoms. The van der Waals surface area contributed by atoms with Crippen molar-refractivity contribution in [3.8, 4) is 17.3 Å². The molecule has 0 aliphatic rings. The minimum absolute atomic E-state index is 0.0374.